The first kappa shape index (κ1) is 13.7. The van der Waals surface area contributed by atoms with Gasteiger partial charge in [0.25, 0.3) is 0 Å². The molecule has 0 aliphatic rings. The van der Waals surface area contributed by atoms with Gasteiger partial charge in [0.2, 0.25) is 0 Å². The Kier molecular flexibility index (Phi) is 3.83. The lowest BCUT2D eigenvalue weighted by Crippen LogP contribution is -2.23. The molecular weight excluding hydrogens is 214 g/mol. The molecule has 1 unspecified atom stereocenters. The first-order valence-corrected chi connectivity index (χ1v) is 6.83. The van der Waals surface area contributed by atoms with E-state index in [9.17, 15) is 0 Å². The lowest BCUT2D eigenvalue weighted by atomic mass is 9.72. The Hall–Kier alpha value is -0.370. The molecule has 0 aromatic carbocycles. The van der Waals surface area contributed by atoms with Gasteiger partial charge in [-0.3, -0.25) is 0 Å². The molecule has 0 fully saturated rings. The zero-order valence-corrected chi connectivity index (χ0v) is 12.5. The highest BCUT2D eigenvalue weighted by molar-refractivity contribution is 7.11. The molecule has 0 amide bonds. The van der Waals surface area contributed by atoms with Crippen molar-refractivity contribution >= 4 is 11.3 Å². The number of nitrogens with zero attached hydrogens (tertiary/aromatic N) is 1. The molecule has 0 bridgehead atoms. The van der Waals surface area contributed by atoms with E-state index in [-0.39, 0.29) is 5.41 Å². The molecular formula is C14H25NS. The number of aromatic nitrogens is 1. The molecule has 1 rings (SSSR count). The van der Waals surface area contributed by atoms with Crippen LogP contribution in [-0.4, -0.2) is 4.98 Å². The Balaban J connectivity index is 2.98. The Morgan fingerprint density at radius 2 is 1.75 bits per heavy atom. The number of rotatable bonds is 2. The molecule has 1 aromatic rings. The average Bonchev–Trinajstić information content (AvgIpc) is 2.43. The van der Waals surface area contributed by atoms with Crippen molar-refractivity contribution in [1.82, 2.24) is 4.98 Å². The van der Waals surface area contributed by atoms with E-state index >= 15 is 0 Å². The summed E-state index contributed by atoms with van der Waals surface area (Å²) in [5, 5.41) is 1.31. The first-order chi connectivity index (χ1) is 7.09. The van der Waals surface area contributed by atoms with Crippen LogP contribution in [0.15, 0.2) is 6.20 Å². The summed E-state index contributed by atoms with van der Waals surface area (Å²) in [7, 11) is 0. The zero-order chi connectivity index (χ0) is 12.6. The van der Waals surface area contributed by atoms with Gasteiger partial charge in [-0.1, -0.05) is 41.5 Å². The van der Waals surface area contributed by atoms with Crippen LogP contribution >= 0.6 is 11.3 Å². The van der Waals surface area contributed by atoms with E-state index in [1.165, 1.54) is 16.3 Å². The molecule has 1 nitrogen and oxygen atoms in total. The van der Waals surface area contributed by atoms with Gasteiger partial charge >= 0.3 is 0 Å². The molecule has 0 aliphatic carbocycles. The fourth-order valence-corrected chi connectivity index (χ4v) is 3.03. The van der Waals surface area contributed by atoms with Gasteiger partial charge in [-0.25, -0.2) is 4.98 Å². The predicted octanol–water partition coefficient (Wildman–Crippen LogP) is 5.02. The van der Waals surface area contributed by atoms with E-state index in [1.54, 1.807) is 0 Å². The second kappa shape index (κ2) is 4.48. The first-order valence-electron chi connectivity index (χ1n) is 6.02. The van der Waals surface area contributed by atoms with Gasteiger partial charge in [0.1, 0.15) is 0 Å². The van der Waals surface area contributed by atoms with E-state index < -0.39 is 0 Å². The van der Waals surface area contributed by atoms with Crippen molar-refractivity contribution in [3.8, 4) is 0 Å². The van der Waals surface area contributed by atoms with Gasteiger partial charge in [-0.15, -0.1) is 11.3 Å². The molecule has 0 radical (unpaired) electrons. The summed E-state index contributed by atoms with van der Waals surface area (Å²) in [6.45, 7) is 16.0. The molecule has 2 heteroatoms. The van der Waals surface area contributed by atoms with Gasteiger partial charge < -0.3 is 0 Å². The van der Waals surface area contributed by atoms with E-state index in [0.717, 1.165) is 0 Å². The van der Waals surface area contributed by atoms with Crippen LogP contribution in [0.4, 0.5) is 0 Å². The average molecular weight is 239 g/mol. The van der Waals surface area contributed by atoms with Crippen molar-refractivity contribution in [2.75, 3.05) is 0 Å². The van der Waals surface area contributed by atoms with Crippen molar-refractivity contribution in [2.45, 2.75) is 60.8 Å². The maximum Gasteiger partial charge on any atom is 0.0963 e. The molecule has 0 saturated heterocycles. The largest absolute Gasteiger partial charge is 0.249 e. The van der Waals surface area contributed by atoms with Gasteiger partial charge in [-0.05, 0) is 24.2 Å². The van der Waals surface area contributed by atoms with Crippen molar-refractivity contribution in [3.63, 3.8) is 0 Å². The third-order valence-electron chi connectivity index (χ3n) is 2.80. The lowest BCUT2D eigenvalue weighted by molar-refractivity contribution is 0.229. The predicted molar refractivity (Wildman–Crippen MR) is 73.1 cm³/mol. The van der Waals surface area contributed by atoms with Crippen LogP contribution in [0.2, 0.25) is 0 Å². The van der Waals surface area contributed by atoms with E-state index in [0.29, 0.717) is 11.3 Å². The molecule has 0 saturated carbocycles. The zero-order valence-electron chi connectivity index (χ0n) is 11.7. The minimum atomic E-state index is 0.289. The summed E-state index contributed by atoms with van der Waals surface area (Å²) in [5.41, 5.74) is 0.648. The third kappa shape index (κ3) is 3.89. The van der Waals surface area contributed by atoms with Crippen LogP contribution in [0.1, 0.15) is 63.8 Å². The van der Waals surface area contributed by atoms with Crippen LogP contribution < -0.4 is 0 Å². The second-order valence-electron chi connectivity index (χ2n) is 6.99. The number of thiazole rings is 1. The SMILES string of the molecule is Cc1cnc(C(CC(C)(C)C)C(C)(C)C)s1. The Bertz CT molecular complexity index is 338. The lowest BCUT2D eigenvalue weighted by Gasteiger charge is -2.34. The summed E-state index contributed by atoms with van der Waals surface area (Å²) in [6, 6.07) is 0. The van der Waals surface area contributed by atoms with Crippen LogP contribution in [-0.2, 0) is 0 Å². The highest BCUT2D eigenvalue weighted by atomic mass is 32.1. The summed E-state index contributed by atoms with van der Waals surface area (Å²) >= 11 is 1.85. The van der Waals surface area contributed by atoms with E-state index in [1.807, 2.05) is 17.5 Å². The maximum absolute atomic E-state index is 4.59. The Morgan fingerprint density at radius 3 is 2.06 bits per heavy atom. The molecule has 16 heavy (non-hydrogen) atoms. The quantitative estimate of drug-likeness (QED) is 0.706. The summed E-state index contributed by atoms with van der Waals surface area (Å²) in [5.74, 6) is 0.561. The van der Waals surface area contributed by atoms with Crippen LogP contribution in [0, 0.1) is 17.8 Å². The van der Waals surface area contributed by atoms with E-state index in [2.05, 4.69) is 53.5 Å². The molecule has 0 spiro atoms. The van der Waals surface area contributed by atoms with Gasteiger partial charge in [0.15, 0.2) is 0 Å². The Labute approximate surface area is 104 Å². The number of hydrogen-bond donors (Lipinski definition) is 0. The highest BCUT2D eigenvalue weighted by Gasteiger charge is 2.32. The fourth-order valence-electron chi connectivity index (χ4n) is 1.91. The second-order valence-corrected chi connectivity index (χ2v) is 8.26. The molecule has 1 atom stereocenters. The smallest absolute Gasteiger partial charge is 0.0963 e. The van der Waals surface area contributed by atoms with Crippen molar-refractivity contribution in [2.24, 2.45) is 10.8 Å². The Morgan fingerprint density at radius 1 is 1.19 bits per heavy atom. The number of aryl methyl sites for hydroxylation is 1. The molecule has 0 aliphatic heterocycles. The van der Waals surface area contributed by atoms with Gasteiger partial charge in [0, 0.05) is 17.0 Å². The monoisotopic (exact) mass is 239 g/mol. The molecule has 0 N–H and O–H groups in total. The van der Waals surface area contributed by atoms with Crippen LogP contribution in [0.25, 0.3) is 0 Å². The maximum atomic E-state index is 4.59. The molecule has 1 heterocycles. The normalized spacial score (nSPS) is 15.2. The van der Waals surface area contributed by atoms with Crippen molar-refractivity contribution < 1.29 is 0 Å². The summed E-state index contributed by atoms with van der Waals surface area (Å²) in [6.07, 6.45) is 3.20. The summed E-state index contributed by atoms with van der Waals surface area (Å²) in [4.78, 5) is 5.90. The van der Waals surface area contributed by atoms with Gasteiger partial charge in [0.05, 0.1) is 5.01 Å². The topological polar surface area (TPSA) is 12.9 Å². The minimum absolute atomic E-state index is 0.289. The third-order valence-corrected chi connectivity index (χ3v) is 3.83. The molecule has 92 valence electrons. The highest BCUT2D eigenvalue weighted by Crippen LogP contribution is 2.44. The summed E-state index contributed by atoms with van der Waals surface area (Å²) < 4.78 is 0. The van der Waals surface area contributed by atoms with E-state index in [4.69, 9.17) is 0 Å². The fraction of sp³-hybridized carbons (Fsp3) is 0.786. The van der Waals surface area contributed by atoms with Crippen molar-refractivity contribution in [3.05, 3.63) is 16.1 Å². The van der Waals surface area contributed by atoms with Crippen LogP contribution in [0.5, 0.6) is 0 Å². The van der Waals surface area contributed by atoms with Crippen molar-refractivity contribution in [1.29, 1.82) is 0 Å². The standard InChI is InChI=1S/C14H25NS/c1-10-9-15-12(16-10)11(14(5,6)7)8-13(2,3)4/h9,11H,8H2,1-7H3. The number of hydrogen-bond acceptors (Lipinski definition) is 2. The minimum Gasteiger partial charge on any atom is -0.249 e. The molecule has 1 aromatic heterocycles. The van der Waals surface area contributed by atoms with Crippen LogP contribution in [0.3, 0.4) is 0 Å². The van der Waals surface area contributed by atoms with Gasteiger partial charge in [-0.2, -0.15) is 0 Å².